The van der Waals surface area contributed by atoms with Crippen molar-refractivity contribution in [3.63, 3.8) is 0 Å². The Morgan fingerprint density at radius 1 is 1.25 bits per heavy atom. The van der Waals surface area contributed by atoms with E-state index in [1.807, 2.05) is 0 Å². The highest BCUT2D eigenvalue weighted by Gasteiger charge is 2.59. The average molecular weight is 261 g/mol. The Morgan fingerprint density at radius 2 is 2.15 bits per heavy atom. The molecule has 1 fully saturated rings. The van der Waals surface area contributed by atoms with Crippen LogP contribution in [0.4, 0.5) is 0 Å². The number of nitrogens with zero attached hydrogens (tertiary/aromatic N) is 1. The molecule has 4 aliphatic carbocycles. The molecule has 0 saturated heterocycles. The molecule has 0 bridgehead atoms. The van der Waals surface area contributed by atoms with Crippen LogP contribution < -0.4 is 0 Å². The van der Waals surface area contributed by atoms with Crippen molar-refractivity contribution in [2.24, 2.45) is 10.8 Å². The summed E-state index contributed by atoms with van der Waals surface area (Å²) in [5, 5.41) is 10.1. The third-order valence-electron chi connectivity index (χ3n) is 5.82. The standard InChI is InChI=1S/C19H19N/c1-18-11-6-12-19(18,13-20)17-9-4-2-3-7-15(17)14-8-5-10-16(14)18/h2-3,5,7,9-10H,4,6,8,11-12H2,1H3/t18-,19-/m1/s1. The molecule has 1 saturated carbocycles. The summed E-state index contributed by atoms with van der Waals surface area (Å²) in [5.74, 6) is 0. The van der Waals surface area contributed by atoms with Gasteiger partial charge in [0.05, 0.1) is 11.5 Å². The minimum absolute atomic E-state index is 0.0115. The van der Waals surface area contributed by atoms with Gasteiger partial charge in [-0.1, -0.05) is 49.8 Å². The van der Waals surface area contributed by atoms with Crippen LogP contribution in [0.3, 0.4) is 0 Å². The van der Waals surface area contributed by atoms with Crippen LogP contribution in [-0.2, 0) is 0 Å². The number of allylic oxidation sites excluding steroid dienone is 10. The predicted molar refractivity (Wildman–Crippen MR) is 80.7 cm³/mol. The fraction of sp³-hybridized carbons (Fsp3) is 0.421. The fourth-order valence-electron chi connectivity index (χ4n) is 4.81. The van der Waals surface area contributed by atoms with Gasteiger partial charge in [0.15, 0.2) is 0 Å². The van der Waals surface area contributed by atoms with Gasteiger partial charge in [-0.15, -0.1) is 0 Å². The molecule has 0 aliphatic heterocycles. The molecule has 20 heavy (non-hydrogen) atoms. The van der Waals surface area contributed by atoms with Gasteiger partial charge in [-0.25, -0.2) is 0 Å². The summed E-state index contributed by atoms with van der Waals surface area (Å²) in [6.45, 7) is 2.32. The van der Waals surface area contributed by atoms with E-state index in [0.29, 0.717) is 0 Å². The third-order valence-corrected chi connectivity index (χ3v) is 5.82. The van der Waals surface area contributed by atoms with Crippen LogP contribution in [0, 0.1) is 22.2 Å². The Hall–Kier alpha value is -1.81. The van der Waals surface area contributed by atoms with Crippen molar-refractivity contribution in [2.45, 2.75) is 39.0 Å². The molecule has 0 unspecified atom stereocenters. The molecule has 0 aromatic carbocycles. The van der Waals surface area contributed by atoms with Crippen LogP contribution in [-0.4, -0.2) is 0 Å². The monoisotopic (exact) mass is 261 g/mol. The molecule has 4 aliphatic rings. The average Bonchev–Trinajstić information content (AvgIpc) is 2.99. The lowest BCUT2D eigenvalue weighted by Gasteiger charge is -2.47. The van der Waals surface area contributed by atoms with Crippen LogP contribution in [0.25, 0.3) is 0 Å². The largest absolute Gasteiger partial charge is 0.197 e. The van der Waals surface area contributed by atoms with Crippen LogP contribution in [0.15, 0.2) is 58.7 Å². The van der Waals surface area contributed by atoms with Crippen LogP contribution in [0.1, 0.15) is 39.0 Å². The Kier molecular flexibility index (Phi) is 2.31. The van der Waals surface area contributed by atoms with E-state index in [0.717, 1.165) is 32.1 Å². The summed E-state index contributed by atoms with van der Waals surface area (Å²) in [4.78, 5) is 0. The van der Waals surface area contributed by atoms with Gasteiger partial charge in [0.25, 0.3) is 0 Å². The summed E-state index contributed by atoms with van der Waals surface area (Å²) in [7, 11) is 0. The molecule has 2 atom stereocenters. The summed E-state index contributed by atoms with van der Waals surface area (Å²) >= 11 is 0. The maximum atomic E-state index is 10.1. The van der Waals surface area contributed by atoms with Gasteiger partial charge in [0, 0.05) is 5.41 Å². The normalized spacial score (nSPS) is 37.6. The minimum atomic E-state index is -0.307. The van der Waals surface area contributed by atoms with E-state index in [4.69, 9.17) is 0 Å². The maximum Gasteiger partial charge on any atom is 0.0918 e. The molecule has 0 amide bonds. The summed E-state index contributed by atoms with van der Waals surface area (Å²) in [5.41, 5.74) is 5.26. The number of rotatable bonds is 0. The van der Waals surface area contributed by atoms with Crippen molar-refractivity contribution in [3.8, 4) is 6.07 Å². The molecule has 0 spiro atoms. The van der Waals surface area contributed by atoms with E-state index in [1.54, 1.807) is 0 Å². The highest BCUT2D eigenvalue weighted by atomic mass is 14.6. The fourth-order valence-corrected chi connectivity index (χ4v) is 4.81. The lowest BCUT2D eigenvalue weighted by Crippen LogP contribution is -2.41. The first-order valence-corrected chi connectivity index (χ1v) is 7.63. The Labute approximate surface area is 120 Å². The molecule has 100 valence electrons. The molecule has 0 heterocycles. The van der Waals surface area contributed by atoms with E-state index in [-0.39, 0.29) is 10.8 Å². The smallest absolute Gasteiger partial charge is 0.0918 e. The molecule has 0 radical (unpaired) electrons. The molecule has 1 heteroatoms. The van der Waals surface area contributed by atoms with Crippen molar-refractivity contribution < 1.29 is 0 Å². The SMILES string of the molecule is C[C@]12CCC[C@@]1(C#N)C1=CCC=CC=C1C1=C2C=CC1. The van der Waals surface area contributed by atoms with Crippen LogP contribution in [0.2, 0.25) is 0 Å². The molecular formula is C19H19N. The van der Waals surface area contributed by atoms with Crippen molar-refractivity contribution in [1.29, 1.82) is 5.26 Å². The van der Waals surface area contributed by atoms with E-state index >= 15 is 0 Å². The van der Waals surface area contributed by atoms with E-state index in [9.17, 15) is 5.26 Å². The van der Waals surface area contributed by atoms with Gasteiger partial charge in [0.2, 0.25) is 0 Å². The summed E-state index contributed by atoms with van der Waals surface area (Å²) < 4.78 is 0. The Bertz CT molecular complexity index is 677. The van der Waals surface area contributed by atoms with Gasteiger partial charge in [0.1, 0.15) is 0 Å². The van der Waals surface area contributed by atoms with E-state index < -0.39 is 0 Å². The molecule has 0 N–H and O–H groups in total. The molecule has 0 aromatic rings. The highest BCUT2D eigenvalue weighted by Crippen LogP contribution is 2.67. The molecule has 1 nitrogen and oxygen atoms in total. The van der Waals surface area contributed by atoms with Gasteiger partial charge in [-0.05, 0) is 48.0 Å². The second kappa shape index (κ2) is 3.85. The first kappa shape index (κ1) is 12.0. The molecule has 0 aromatic heterocycles. The van der Waals surface area contributed by atoms with Gasteiger partial charge < -0.3 is 0 Å². The minimum Gasteiger partial charge on any atom is -0.197 e. The van der Waals surface area contributed by atoms with Gasteiger partial charge in [-0.2, -0.15) is 5.26 Å². The van der Waals surface area contributed by atoms with Crippen molar-refractivity contribution in [3.05, 3.63) is 58.7 Å². The lowest BCUT2D eigenvalue weighted by atomic mass is 9.54. The third kappa shape index (κ3) is 1.18. The zero-order valence-electron chi connectivity index (χ0n) is 11.9. The second-order valence-electron chi connectivity index (χ2n) is 6.56. The molecular weight excluding hydrogens is 242 g/mol. The first-order chi connectivity index (χ1) is 9.73. The summed E-state index contributed by atoms with van der Waals surface area (Å²) in [6.07, 6.45) is 18.7. The first-order valence-electron chi connectivity index (χ1n) is 7.63. The zero-order chi connectivity index (χ0) is 13.8. The Morgan fingerprint density at radius 3 is 3.00 bits per heavy atom. The summed E-state index contributed by atoms with van der Waals surface area (Å²) in [6, 6.07) is 2.75. The zero-order valence-corrected chi connectivity index (χ0v) is 11.9. The number of hydrogen-bond acceptors (Lipinski definition) is 1. The van der Waals surface area contributed by atoms with Crippen LogP contribution in [0.5, 0.6) is 0 Å². The van der Waals surface area contributed by atoms with Crippen molar-refractivity contribution >= 4 is 0 Å². The number of fused-ring (bicyclic) bond motifs is 5. The van der Waals surface area contributed by atoms with E-state index in [2.05, 4.69) is 49.4 Å². The van der Waals surface area contributed by atoms with Crippen LogP contribution >= 0.6 is 0 Å². The van der Waals surface area contributed by atoms with E-state index in [1.165, 1.54) is 22.3 Å². The van der Waals surface area contributed by atoms with Gasteiger partial charge >= 0.3 is 0 Å². The van der Waals surface area contributed by atoms with Crippen molar-refractivity contribution in [1.82, 2.24) is 0 Å². The predicted octanol–water partition coefficient (Wildman–Crippen LogP) is 4.77. The number of nitriles is 1. The highest BCUT2D eigenvalue weighted by molar-refractivity contribution is 5.67. The Balaban J connectivity index is 2.07. The van der Waals surface area contributed by atoms with Gasteiger partial charge in [-0.3, -0.25) is 0 Å². The molecule has 4 rings (SSSR count). The maximum absolute atomic E-state index is 10.1. The quantitative estimate of drug-likeness (QED) is 0.616. The second-order valence-corrected chi connectivity index (χ2v) is 6.56. The lowest BCUT2D eigenvalue weighted by molar-refractivity contribution is 0.245. The number of hydrogen-bond donors (Lipinski definition) is 0. The topological polar surface area (TPSA) is 23.8 Å². The van der Waals surface area contributed by atoms with Crippen molar-refractivity contribution in [2.75, 3.05) is 0 Å².